The number of ether oxygens (including phenoxy) is 1. The van der Waals surface area contributed by atoms with Crippen LogP contribution in [0.15, 0.2) is 24.3 Å². The molecule has 1 heterocycles. The van der Waals surface area contributed by atoms with Gasteiger partial charge in [0.2, 0.25) is 0 Å². The molecule has 1 saturated heterocycles. The summed E-state index contributed by atoms with van der Waals surface area (Å²) < 4.78 is 18.8. The fourth-order valence-electron chi connectivity index (χ4n) is 2.42. The van der Waals surface area contributed by atoms with Crippen LogP contribution in [0.2, 0.25) is 0 Å². The summed E-state index contributed by atoms with van der Waals surface area (Å²) >= 11 is 0. The van der Waals surface area contributed by atoms with E-state index >= 15 is 0 Å². The molecule has 1 unspecified atom stereocenters. The van der Waals surface area contributed by atoms with E-state index in [0.29, 0.717) is 12.0 Å². The molecule has 1 aliphatic rings. The number of aryl methyl sites for hydroxylation is 1. The molecule has 1 aromatic rings. The number of halogens is 1. The third-order valence-electron chi connectivity index (χ3n) is 3.65. The quantitative estimate of drug-likeness (QED) is 0.605. The second-order valence-corrected chi connectivity index (χ2v) is 5.00. The fraction of sp³-hybridized carbons (Fsp3) is 0.571. The van der Waals surface area contributed by atoms with Crippen molar-refractivity contribution in [3.8, 4) is 0 Å². The maximum atomic E-state index is 13.5. The van der Waals surface area contributed by atoms with E-state index in [4.69, 9.17) is 9.84 Å². The van der Waals surface area contributed by atoms with Crippen molar-refractivity contribution in [2.45, 2.75) is 43.4 Å². The van der Waals surface area contributed by atoms with Crippen LogP contribution in [-0.2, 0) is 11.2 Å². The summed E-state index contributed by atoms with van der Waals surface area (Å²) in [6.07, 6.45) is -5.08. The van der Waals surface area contributed by atoms with Gasteiger partial charge in [0.05, 0.1) is 12.7 Å². The van der Waals surface area contributed by atoms with Crippen molar-refractivity contribution in [1.29, 1.82) is 0 Å². The van der Waals surface area contributed by atoms with Crippen molar-refractivity contribution in [3.05, 3.63) is 35.6 Å². The van der Waals surface area contributed by atoms with E-state index in [1.54, 1.807) is 18.2 Å². The minimum Gasteiger partial charge on any atom is -0.394 e. The number of hydrogen-bond donors (Lipinski definition) is 4. The Morgan fingerprint density at radius 2 is 1.65 bits per heavy atom. The predicted octanol–water partition coefficient (Wildman–Crippen LogP) is -0.399. The molecule has 0 radical (unpaired) electrons. The van der Waals surface area contributed by atoms with Gasteiger partial charge in [0.1, 0.15) is 30.2 Å². The van der Waals surface area contributed by atoms with Gasteiger partial charge in [0.25, 0.3) is 0 Å². The Hall–Kier alpha value is -1.05. The molecule has 112 valence electrons. The molecular weight excluding hydrogens is 267 g/mol. The molecule has 0 saturated carbocycles. The van der Waals surface area contributed by atoms with Gasteiger partial charge >= 0.3 is 0 Å². The molecule has 5 atom stereocenters. The zero-order chi connectivity index (χ0) is 14.7. The molecular formula is C14H19FO5. The molecule has 0 aliphatic carbocycles. The second-order valence-electron chi connectivity index (χ2n) is 5.00. The van der Waals surface area contributed by atoms with E-state index in [2.05, 4.69) is 0 Å². The number of aliphatic hydroxyl groups is 4. The summed E-state index contributed by atoms with van der Waals surface area (Å²) in [5.74, 6) is -0.336. The van der Waals surface area contributed by atoms with Crippen LogP contribution < -0.4 is 0 Å². The fourth-order valence-corrected chi connectivity index (χ4v) is 2.42. The van der Waals surface area contributed by atoms with Crippen molar-refractivity contribution in [1.82, 2.24) is 0 Å². The average molecular weight is 286 g/mol. The first-order valence-electron chi connectivity index (χ1n) is 6.58. The largest absolute Gasteiger partial charge is 0.394 e. The highest BCUT2D eigenvalue weighted by Crippen LogP contribution is 2.24. The molecule has 0 amide bonds. The van der Waals surface area contributed by atoms with Crippen LogP contribution >= 0.6 is 0 Å². The highest BCUT2D eigenvalue weighted by molar-refractivity contribution is 5.17. The summed E-state index contributed by atoms with van der Waals surface area (Å²) in [7, 11) is 0. The topological polar surface area (TPSA) is 90.2 Å². The Morgan fingerprint density at radius 3 is 2.30 bits per heavy atom. The maximum absolute atomic E-state index is 13.5. The van der Waals surface area contributed by atoms with Crippen LogP contribution in [0.25, 0.3) is 0 Å². The Kier molecular flexibility index (Phi) is 5.06. The lowest BCUT2D eigenvalue weighted by Gasteiger charge is -2.40. The first-order valence-corrected chi connectivity index (χ1v) is 6.58. The van der Waals surface area contributed by atoms with Crippen molar-refractivity contribution < 1.29 is 29.6 Å². The molecule has 2 rings (SSSR count). The Morgan fingerprint density at radius 1 is 1.00 bits per heavy atom. The van der Waals surface area contributed by atoms with Crippen LogP contribution in [0, 0.1) is 5.82 Å². The van der Waals surface area contributed by atoms with E-state index in [-0.39, 0.29) is 12.2 Å². The van der Waals surface area contributed by atoms with Crippen molar-refractivity contribution >= 4 is 0 Å². The molecule has 1 fully saturated rings. The minimum atomic E-state index is -1.38. The van der Waals surface area contributed by atoms with Gasteiger partial charge in [0.15, 0.2) is 0 Å². The lowest BCUT2D eigenvalue weighted by atomic mass is 9.92. The third kappa shape index (κ3) is 3.16. The molecule has 1 aromatic carbocycles. The minimum absolute atomic E-state index is 0.280. The molecule has 4 N–H and O–H groups in total. The Balaban J connectivity index is 2.00. The molecule has 6 heteroatoms. The zero-order valence-electron chi connectivity index (χ0n) is 10.9. The lowest BCUT2D eigenvalue weighted by Crippen LogP contribution is -2.58. The zero-order valence-corrected chi connectivity index (χ0v) is 10.9. The summed E-state index contributed by atoms with van der Waals surface area (Å²) in [4.78, 5) is 0. The van der Waals surface area contributed by atoms with E-state index < -0.39 is 37.1 Å². The standard InChI is InChI=1S/C14H19FO5/c15-9-4-2-1-3-8(9)5-6-10-12(17)14(19)13(18)11(7-16)20-10/h1-4,10-14,16-19H,5-7H2/t10?,11-,12+,13-,14-/m1/s1. The van der Waals surface area contributed by atoms with Gasteiger partial charge in [-0.05, 0) is 24.5 Å². The second kappa shape index (κ2) is 6.60. The third-order valence-corrected chi connectivity index (χ3v) is 3.65. The average Bonchev–Trinajstić information content (AvgIpc) is 2.46. The van der Waals surface area contributed by atoms with Gasteiger partial charge < -0.3 is 25.2 Å². The summed E-state index contributed by atoms with van der Waals surface area (Å²) in [6, 6.07) is 6.29. The van der Waals surface area contributed by atoms with Gasteiger partial charge in [-0.3, -0.25) is 0 Å². The summed E-state index contributed by atoms with van der Waals surface area (Å²) in [5, 5.41) is 38.2. The first-order chi connectivity index (χ1) is 9.54. The Bertz CT molecular complexity index is 439. The molecule has 0 aromatic heterocycles. The van der Waals surface area contributed by atoms with E-state index in [1.165, 1.54) is 6.07 Å². The van der Waals surface area contributed by atoms with Crippen LogP contribution in [0.3, 0.4) is 0 Å². The van der Waals surface area contributed by atoms with Crippen molar-refractivity contribution in [3.63, 3.8) is 0 Å². The maximum Gasteiger partial charge on any atom is 0.126 e. The summed E-state index contributed by atoms with van der Waals surface area (Å²) in [5.41, 5.74) is 0.490. The summed E-state index contributed by atoms with van der Waals surface area (Å²) in [6.45, 7) is -0.457. The molecule has 0 spiro atoms. The van der Waals surface area contributed by atoms with Crippen molar-refractivity contribution in [2.24, 2.45) is 0 Å². The number of rotatable bonds is 4. The van der Waals surface area contributed by atoms with Crippen LogP contribution in [0.4, 0.5) is 4.39 Å². The number of hydrogen-bond acceptors (Lipinski definition) is 5. The monoisotopic (exact) mass is 286 g/mol. The molecule has 1 aliphatic heterocycles. The van der Waals surface area contributed by atoms with E-state index in [1.807, 2.05) is 0 Å². The molecule has 0 bridgehead atoms. The van der Waals surface area contributed by atoms with Gasteiger partial charge in [-0.2, -0.15) is 0 Å². The van der Waals surface area contributed by atoms with E-state index in [0.717, 1.165) is 0 Å². The highest BCUT2D eigenvalue weighted by Gasteiger charge is 2.42. The smallest absolute Gasteiger partial charge is 0.126 e. The van der Waals surface area contributed by atoms with Crippen LogP contribution in [0.1, 0.15) is 12.0 Å². The predicted molar refractivity (Wildman–Crippen MR) is 68.5 cm³/mol. The van der Waals surface area contributed by atoms with Gasteiger partial charge in [0, 0.05) is 0 Å². The first kappa shape index (κ1) is 15.3. The van der Waals surface area contributed by atoms with Crippen LogP contribution in [0.5, 0.6) is 0 Å². The van der Waals surface area contributed by atoms with Crippen molar-refractivity contribution in [2.75, 3.05) is 6.61 Å². The van der Waals surface area contributed by atoms with Gasteiger partial charge in [-0.1, -0.05) is 18.2 Å². The van der Waals surface area contributed by atoms with E-state index in [9.17, 15) is 19.7 Å². The lowest BCUT2D eigenvalue weighted by molar-refractivity contribution is -0.230. The van der Waals surface area contributed by atoms with Crippen LogP contribution in [-0.4, -0.2) is 57.6 Å². The Labute approximate surface area is 116 Å². The SMILES string of the molecule is OC[C@H]1OC(CCc2ccccc2F)[C@H](O)[C@@H](O)[C@@H]1O. The highest BCUT2D eigenvalue weighted by atomic mass is 19.1. The number of aliphatic hydroxyl groups excluding tert-OH is 4. The van der Waals surface area contributed by atoms with Gasteiger partial charge in [-0.15, -0.1) is 0 Å². The van der Waals surface area contributed by atoms with Gasteiger partial charge in [-0.25, -0.2) is 4.39 Å². The molecule has 20 heavy (non-hydrogen) atoms. The normalized spacial score (nSPS) is 34.1. The molecule has 5 nitrogen and oxygen atoms in total. The number of benzene rings is 1.